The van der Waals surface area contributed by atoms with Crippen LogP contribution >= 0.6 is 0 Å². The van der Waals surface area contributed by atoms with E-state index in [1.54, 1.807) is 24.4 Å². The maximum absolute atomic E-state index is 13.7. The zero-order valence-corrected chi connectivity index (χ0v) is 13.0. The fraction of sp³-hybridized carbons (Fsp3) is 0.389. The minimum Gasteiger partial charge on any atom is -0.387 e. The first kappa shape index (κ1) is 16.6. The molecule has 0 aliphatic heterocycles. The minimum absolute atomic E-state index is 0.0441. The van der Waals surface area contributed by atoms with Gasteiger partial charge in [0.15, 0.2) is 0 Å². The summed E-state index contributed by atoms with van der Waals surface area (Å²) in [6, 6.07) is 12.2. The summed E-state index contributed by atoms with van der Waals surface area (Å²) in [6.07, 6.45) is 1.79. The second-order valence-corrected chi connectivity index (χ2v) is 5.88. The highest BCUT2D eigenvalue weighted by Crippen LogP contribution is 2.21. The minimum atomic E-state index is -0.875. The van der Waals surface area contributed by atoms with Crippen molar-refractivity contribution < 1.29 is 9.50 Å². The highest BCUT2D eigenvalue weighted by molar-refractivity contribution is 5.20. The molecule has 0 radical (unpaired) electrons. The maximum atomic E-state index is 13.7. The number of nitrogens with zero attached hydrogens (tertiary/aromatic N) is 1. The Morgan fingerprint density at radius 1 is 1.14 bits per heavy atom. The third kappa shape index (κ3) is 4.61. The Kier molecular flexibility index (Phi) is 6.04. The SMILES string of the molecule is CC(C)C[C@@H](NC[C@@H](O)c1ccccc1F)c1ccccn1. The van der Waals surface area contributed by atoms with E-state index in [-0.39, 0.29) is 18.4 Å². The molecule has 1 aromatic heterocycles. The Bertz CT molecular complexity index is 574. The van der Waals surface area contributed by atoms with E-state index in [4.69, 9.17) is 0 Å². The van der Waals surface area contributed by atoms with Crippen LogP contribution in [-0.4, -0.2) is 16.6 Å². The molecule has 0 saturated heterocycles. The maximum Gasteiger partial charge on any atom is 0.129 e. The van der Waals surface area contributed by atoms with Crippen LogP contribution in [0.2, 0.25) is 0 Å². The topological polar surface area (TPSA) is 45.1 Å². The standard InChI is InChI=1S/C18H23FN2O/c1-13(2)11-17(16-9-5-6-10-20-16)21-12-18(22)14-7-3-4-8-15(14)19/h3-10,13,17-18,21-22H,11-12H2,1-2H3/t17-,18-/m1/s1. The summed E-state index contributed by atoms with van der Waals surface area (Å²) in [7, 11) is 0. The molecule has 0 unspecified atom stereocenters. The summed E-state index contributed by atoms with van der Waals surface area (Å²) in [6.45, 7) is 4.57. The number of hydrogen-bond acceptors (Lipinski definition) is 3. The van der Waals surface area contributed by atoms with Gasteiger partial charge in [0.1, 0.15) is 5.82 Å². The van der Waals surface area contributed by atoms with Gasteiger partial charge in [-0.3, -0.25) is 4.98 Å². The summed E-state index contributed by atoms with van der Waals surface area (Å²) >= 11 is 0. The van der Waals surface area contributed by atoms with E-state index in [1.807, 2.05) is 18.2 Å². The number of aliphatic hydroxyl groups is 1. The van der Waals surface area contributed by atoms with E-state index in [2.05, 4.69) is 24.1 Å². The summed E-state index contributed by atoms with van der Waals surface area (Å²) in [5.74, 6) is 0.111. The summed E-state index contributed by atoms with van der Waals surface area (Å²) in [4.78, 5) is 4.38. The first-order chi connectivity index (χ1) is 10.6. The van der Waals surface area contributed by atoms with Crippen LogP contribution in [0.25, 0.3) is 0 Å². The Morgan fingerprint density at radius 3 is 2.50 bits per heavy atom. The molecule has 1 heterocycles. The van der Waals surface area contributed by atoms with E-state index in [0.717, 1.165) is 12.1 Å². The molecule has 4 heteroatoms. The summed E-state index contributed by atoms with van der Waals surface area (Å²) in [5.41, 5.74) is 1.26. The molecular formula is C18H23FN2O. The molecule has 3 nitrogen and oxygen atoms in total. The van der Waals surface area contributed by atoms with Crippen molar-refractivity contribution in [3.63, 3.8) is 0 Å². The van der Waals surface area contributed by atoms with Crippen LogP contribution in [0.5, 0.6) is 0 Å². The van der Waals surface area contributed by atoms with E-state index >= 15 is 0 Å². The normalized spacial score (nSPS) is 14.0. The number of aliphatic hydroxyl groups excluding tert-OH is 1. The van der Waals surface area contributed by atoms with Crippen LogP contribution in [-0.2, 0) is 0 Å². The number of benzene rings is 1. The lowest BCUT2D eigenvalue weighted by Gasteiger charge is -2.22. The van der Waals surface area contributed by atoms with Crippen molar-refractivity contribution >= 4 is 0 Å². The van der Waals surface area contributed by atoms with Crippen molar-refractivity contribution in [2.75, 3.05) is 6.54 Å². The van der Waals surface area contributed by atoms with Gasteiger partial charge in [-0.1, -0.05) is 38.1 Å². The number of nitrogens with one attached hydrogen (secondary N) is 1. The zero-order valence-electron chi connectivity index (χ0n) is 13.0. The molecule has 2 N–H and O–H groups in total. The van der Waals surface area contributed by atoms with E-state index < -0.39 is 6.10 Å². The van der Waals surface area contributed by atoms with Crippen LogP contribution in [0, 0.1) is 11.7 Å². The van der Waals surface area contributed by atoms with Gasteiger partial charge in [-0.2, -0.15) is 0 Å². The van der Waals surface area contributed by atoms with Gasteiger partial charge in [0.25, 0.3) is 0 Å². The Morgan fingerprint density at radius 2 is 1.86 bits per heavy atom. The van der Waals surface area contributed by atoms with E-state index in [0.29, 0.717) is 11.5 Å². The summed E-state index contributed by atoms with van der Waals surface area (Å²) in [5, 5.41) is 13.5. The molecule has 0 amide bonds. The third-order valence-electron chi connectivity index (χ3n) is 3.57. The van der Waals surface area contributed by atoms with Gasteiger partial charge in [-0.05, 0) is 30.5 Å². The number of hydrogen-bond donors (Lipinski definition) is 2. The van der Waals surface area contributed by atoms with Gasteiger partial charge in [0.2, 0.25) is 0 Å². The molecule has 2 atom stereocenters. The first-order valence-electron chi connectivity index (χ1n) is 7.64. The highest BCUT2D eigenvalue weighted by atomic mass is 19.1. The molecule has 0 aliphatic carbocycles. The first-order valence-corrected chi connectivity index (χ1v) is 7.64. The average molecular weight is 302 g/mol. The van der Waals surface area contributed by atoms with Gasteiger partial charge in [0, 0.05) is 24.3 Å². The highest BCUT2D eigenvalue weighted by Gasteiger charge is 2.18. The lowest BCUT2D eigenvalue weighted by atomic mass is 10.00. The largest absolute Gasteiger partial charge is 0.387 e. The molecule has 0 fully saturated rings. The molecule has 2 rings (SSSR count). The molecule has 0 bridgehead atoms. The summed E-state index contributed by atoms with van der Waals surface area (Å²) < 4.78 is 13.7. The van der Waals surface area contributed by atoms with Crippen LogP contribution in [0.1, 0.15) is 43.7 Å². The third-order valence-corrected chi connectivity index (χ3v) is 3.57. The Labute approximate surface area is 131 Å². The second-order valence-electron chi connectivity index (χ2n) is 5.88. The zero-order chi connectivity index (χ0) is 15.9. The van der Waals surface area contributed by atoms with E-state index in [1.165, 1.54) is 6.07 Å². The van der Waals surface area contributed by atoms with E-state index in [9.17, 15) is 9.50 Å². The van der Waals surface area contributed by atoms with Crippen LogP contribution in [0.15, 0.2) is 48.7 Å². The van der Waals surface area contributed by atoms with Crippen LogP contribution in [0.4, 0.5) is 4.39 Å². The molecule has 118 valence electrons. The lowest BCUT2D eigenvalue weighted by molar-refractivity contribution is 0.163. The average Bonchev–Trinajstić information content (AvgIpc) is 2.52. The fourth-order valence-corrected chi connectivity index (χ4v) is 2.47. The predicted octanol–water partition coefficient (Wildman–Crippen LogP) is 3.63. The molecule has 22 heavy (non-hydrogen) atoms. The van der Waals surface area contributed by atoms with Gasteiger partial charge < -0.3 is 10.4 Å². The van der Waals surface area contributed by atoms with Gasteiger partial charge in [0.05, 0.1) is 11.8 Å². The van der Waals surface area contributed by atoms with Crippen molar-refractivity contribution in [1.82, 2.24) is 10.3 Å². The molecule has 0 spiro atoms. The van der Waals surface area contributed by atoms with Crippen molar-refractivity contribution in [1.29, 1.82) is 0 Å². The Hall–Kier alpha value is -1.78. The van der Waals surface area contributed by atoms with Crippen molar-refractivity contribution in [3.8, 4) is 0 Å². The number of aromatic nitrogens is 1. The van der Waals surface area contributed by atoms with Crippen LogP contribution < -0.4 is 5.32 Å². The number of rotatable bonds is 7. The molecular weight excluding hydrogens is 279 g/mol. The quantitative estimate of drug-likeness (QED) is 0.821. The number of pyridine rings is 1. The smallest absolute Gasteiger partial charge is 0.129 e. The monoisotopic (exact) mass is 302 g/mol. The number of halogens is 1. The molecule has 0 aliphatic rings. The molecule has 0 saturated carbocycles. The Balaban J connectivity index is 2.04. The predicted molar refractivity (Wildman–Crippen MR) is 85.8 cm³/mol. The lowest BCUT2D eigenvalue weighted by Crippen LogP contribution is -2.28. The van der Waals surface area contributed by atoms with Crippen molar-refractivity contribution in [3.05, 3.63) is 65.7 Å². The van der Waals surface area contributed by atoms with Crippen LogP contribution in [0.3, 0.4) is 0 Å². The van der Waals surface area contributed by atoms with Crippen molar-refractivity contribution in [2.24, 2.45) is 5.92 Å². The molecule has 1 aromatic carbocycles. The fourth-order valence-electron chi connectivity index (χ4n) is 2.47. The van der Waals surface area contributed by atoms with Gasteiger partial charge >= 0.3 is 0 Å². The van der Waals surface area contributed by atoms with Gasteiger partial charge in [-0.15, -0.1) is 0 Å². The second kappa shape index (κ2) is 8.01. The van der Waals surface area contributed by atoms with Gasteiger partial charge in [-0.25, -0.2) is 4.39 Å². The van der Waals surface area contributed by atoms with Crippen molar-refractivity contribution in [2.45, 2.75) is 32.4 Å². The molecule has 2 aromatic rings.